The SMILES string of the molecule is CC(C)(C)c1cc(-c2nccc3sc(-c4cnc5occc5c4)cc23)cc2ccccc12. The van der Waals surface area contributed by atoms with Gasteiger partial charge in [-0.25, -0.2) is 4.98 Å². The number of pyridine rings is 2. The topological polar surface area (TPSA) is 38.9 Å². The van der Waals surface area contributed by atoms with Crippen molar-refractivity contribution in [1.29, 1.82) is 0 Å². The van der Waals surface area contributed by atoms with Gasteiger partial charge >= 0.3 is 0 Å². The average Bonchev–Trinajstić information content (AvgIpc) is 3.43. The van der Waals surface area contributed by atoms with E-state index in [1.807, 2.05) is 18.5 Å². The summed E-state index contributed by atoms with van der Waals surface area (Å²) in [5.41, 5.74) is 5.33. The predicted octanol–water partition coefficient (Wildman–Crippen LogP) is 8.22. The molecule has 2 aromatic carbocycles. The van der Waals surface area contributed by atoms with Crippen LogP contribution < -0.4 is 0 Å². The maximum atomic E-state index is 5.40. The van der Waals surface area contributed by atoms with Crippen molar-refractivity contribution >= 4 is 43.3 Å². The van der Waals surface area contributed by atoms with Gasteiger partial charge in [-0.2, -0.15) is 0 Å². The van der Waals surface area contributed by atoms with Gasteiger partial charge in [-0.15, -0.1) is 11.3 Å². The molecule has 3 nitrogen and oxygen atoms in total. The summed E-state index contributed by atoms with van der Waals surface area (Å²) in [5, 5.41) is 4.75. The normalized spacial score (nSPS) is 12.2. The van der Waals surface area contributed by atoms with Crippen LogP contribution in [0.1, 0.15) is 26.3 Å². The summed E-state index contributed by atoms with van der Waals surface area (Å²) in [6.45, 7) is 6.82. The van der Waals surface area contributed by atoms with Crippen molar-refractivity contribution in [2.45, 2.75) is 26.2 Å². The minimum absolute atomic E-state index is 0.0367. The second kappa shape index (κ2) is 7.01. The zero-order valence-electron chi connectivity index (χ0n) is 18.2. The van der Waals surface area contributed by atoms with E-state index in [1.54, 1.807) is 17.6 Å². The molecular weight excluding hydrogens is 412 g/mol. The molecule has 0 aliphatic rings. The third kappa shape index (κ3) is 3.10. The molecule has 0 N–H and O–H groups in total. The third-order valence-electron chi connectivity index (χ3n) is 5.98. The van der Waals surface area contributed by atoms with E-state index >= 15 is 0 Å². The van der Waals surface area contributed by atoms with Crippen molar-refractivity contribution in [2.24, 2.45) is 0 Å². The van der Waals surface area contributed by atoms with Gasteiger partial charge in [0.05, 0.1) is 12.0 Å². The number of rotatable bonds is 2. The highest BCUT2D eigenvalue weighted by Crippen LogP contribution is 2.40. The number of fused-ring (bicyclic) bond motifs is 3. The summed E-state index contributed by atoms with van der Waals surface area (Å²) in [7, 11) is 0. The van der Waals surface area contributed by atoms with Crippen molar-refractivity contribution in [3.63, 3.8) is 0 Å². The highest BCUT2D eigenvalue weighted by molar-refractivity contribution is 7.22. The van der Waals surface area contributed by atoms with Gasteiger partial charge in [-0.1, -0.05) is 45.0 Å². The molecule has 0 atom stereocenters. The van der Waals surface area contributed by atoms with Crippen LogP contribution in [0.25, 0.3) is 53.7 Å². The van der Waals surface area contributed by atoms with E-state index in [4.69, 9.17) is 9.40 Å². The Labute approximate surface area is 190 Å². The number of thiophene rings is 1. The lowest BCUT2D eigenvalue weighted by molar-refractivity contribution is 0.596. The van der Waals surface area contributed by atoms with Crippen LogP contribution in [0.3, 0.4) is 0 Å². The van der Waals surface area contributed by atoms with Crippen molar-refractivity contribution in [1.82, 2.24) is 9.97 Å². The second-order valence-corrected chi connectivity index (χ2v) is 10.3. The summed E-state index contributed by atoms with van der Waals surface area (Å²) in [6.07, 6.45) is 5.49. The number of furan rings is 1. The van der Waals surface area contributed by atoms with Crippen molar-refractivity contribution in [3.05, 3.63) is 84.9 Å². The Bertz CT molecular complexity index is 1620. The number of hydrogen-bond acceptors (Lipinski definition) is 4. The summed E-state index contributed by atoms with van der Waals surface area (Å²) in [4.78, 5) is 10.5. The van der Waals surface area contributed by atoms with Gasteiger partial charge in [-0.3, -0.25) is 4.98 Å². The molecule has 0 fully saturated rings. The van der Waals surface area contributed by atoms with E-state index in [0.717, 1.165) is 22.2 Å². The molecule has 0 unspecified atom stereocenters. The van der Waals surface area contributed by atoms with Gasteiger partial charge < -0.3 is 4.42 Å². The van der Waals surface area contributed by atoms with Crippen LogP contribution in [0.2, 0.25) is 0 Å². The van der Waals surface area contributed by atoms with Crippen molar-refractivity contribution < 1.29 is 4.42 Å². The molecule has 4 heteroatoms. The molecule has 6 rings (SSSR count). The fourth-order valence-electron chi connectivity index (χ4n) is 4.40. The zero-order chi connectivity index (χ0) is 21.9. The van der Waals surface area contributed by atoms with Crippen molar-refractivity contribution in [2.75, 3.05) is 0 Å². The fourth-order valence-corrected chi connectivity index (χ4v) is 5.43. The number of hydrogen-bond donors (Lipinski definition) is 0. The Morgan fingerprint density at radius 2 is 1.66 bits per heavy atom. The molecule has 0 amide bonds. The molecule has 0 radical (unpaired) electrons. The molecule has 0 saturated carbocycles. The van der Waals surface area contributed by atoms with Gasteiger partial charge in [0.25, 0.3) is 0 Å². The summed E-state index contributed by atoms with van der Waals surface area (Å²) in [5.74, 6) is 0. The highest BCUT2D eigenvalue weighted by atomic mass is 32.1. The Balaban J connectivity index is 1.56. The van der Waals surface area contributed by atoms with Crippen LogP contribution in [0, 0.1) is 0 Å². The first-order valence-electron chi connectivity index (χ1n) is 10.7. The lowest BCUT2D eigenvalue weighted by Crippen LogP contribution is -2.12. The molecule has 0 aliphatic carbocycles. The number of nitrogens with zero attached hydrogens (tertiary/aromatic N) is 2. The van der Waals surface area contributed by atoms with Gasteiger partial charge in [0.2, 0.25) is 5.71 Å². The monoisotopic (exact) mass is 434 g/mol. The first kappa shape index (κ1) is 19.2. The van der Waals surface area contributed by atoms with Crippen LogP contribution in [-0.4, -0.2) is 9.97 Å². The second-order valence-electron chi connectivity index (χ2n) is 9.22. The van der Waals surface area contributed by atoms with Crippen LogP contribution >= 0.6 is 11.3 Å². The smallest absolute Gasteiger partial charge is 0.225 e. The average molecular weight is 435 g/mol. The molecule has 0 saturated heterocycles. The van der Waals surface area contributed by atoms with E-state index in [9.17, 15) is 0 Å². The standard InChI is InChI=1S/C28H22N2OS/c1-28(2,3)23-14-19(12-17-6-4-5-7-21(17)23)26-22-15-25(32-24(22)8-10-29-26)20-13-18-9-11-31-27(18)30-16-20/h4-16H,1-3H3. The molecule has 4 heterocycles. The maximum Gasteiger partial charge on any atom is 0.225 e. The minimum Gasteiger partial charge on any atom is -0.446 e. The van der Waals surface area contributed by atoms with Gasteiger partial charge in [0.15, 0.2) is 0 Å². The van der Waals surface area contributed by atoms with E-state index < -0.39 is 0 Å². The maximum absolute atomic E-state index is 5.40. The Morgan fingerprint density at radius 3 is 2.53 bits per heavy atom. The first-order chi connectivity index (χ1) is 15.5. The molecule has 0 bridgehead atoms. The molecule has 0 spiro atoms. The molecule has 6 aromatic rings. The minimum atomic E-state index is 0.0367. The Hall–Kier alpha value is -3.50. The van der Waals surface area contributed by atoms with Crippen LogP contribution in [0.5, 0.6) is 0 Å². The third-order valence-corrected chi connectivity index (χ3v) is 7.13. The van der Waals surface area contributed by atoms with Crippen LogP contribution in [0.15, 0.2) is 83.7 Å². The highest BCUT2D eigenvalue weighted by Gasteiger charge is 2.20. The molecular formula is C28H22N2OS. The first-order valence-corrected chi connectivity index (χ1v) is 11.5. The molecule has 32 heavy (non-hydrogen) atoms. The lowest BCUT2D eigenvalue weighted by atomic mass is 9.82. The van der Waals surface area contributed by atoms with E-state index in [2.05, 4.69) is 80.4 Å². The van der Waals surface area contributed by atoms with Gasteiger partial charge in [-0.05, 0) is 58.1 Å². The fraction of sp³-hybridized carbons (Fsp3) is 0.143. The summed E-state index contributed by atoms with van der Waals surface area (Å²) < 4.78 is 6.63. The van der Waals surface area contributed by atoms with E-state index in [0.29, 0.717) is 5.71 Å². The van der Waals surface area contributed by atoms with Crippen LogP contribution in [0.4, 0.5) is 0 Å². The molecule has 156 valence electrons. The summed E-state index contributed by atoms with van der Waals surface area (Å²) in [6, 6.07) is 21.7. The number of benzene rings is 2. The Kier molecular flexibility index (Phi) is 4.21. The van der Waals surface area contributed by atoms with Crippen molar-refractivity contribution in [3.8, 4) is 21.7 Å². The van der Waals surface area contributed by atoms with Crippen LogP contribution in [-0.2, 0) is 5.41 Å². The zero-order valence-corrected chi connectivity index (χ0v) is 19.0. The lowest BCUT2D eigenvalue weighted by Gasteiger charge is -2.22. The molecule has 4 aromatic heterocycles. The van der Waals surface area contributed by atoms with Gasteiger partial charge in [0.1, 0.15) is 0 Å². The predicted molar refractivity (Wildman–Crippen MR) is 134 cm³/mol. The number of aromatic nitrogens is 2. The summed E-state index contributed by atoms with van der Waals surface area (Å²) >= 11 is 1.77. The van der Waals surface area contributed by atoms with Gasteiger partial charge in [0, 0.05) is 43.9 Å². The van der Waals surface area contributed by atoms with E-state index in [1.165, 1.54) is 31.3 Å². The Morgan fingerprint density at radius 1 is 0.812 bits per heavy atom. The molecule has 0 aliphatic heterocycles. The largest absolute Gasteiger partial charge is 0.446 e. The van der Waals surface area contributed by atoms with E-state index in [-0.39, 0.29) is 5.41 Å². The quantitative estimate of drug-likeness (QED) is 0.275.